The third-order valence-corrected chi connectivity index (χ3v) is 4.89. The zero-order chi connectivity index (χ0) is 14.4. The number of β-lactam (4-membered cyclic amide) rings is 2. The van der Waals surface area contributed by atoms with Crippen molar-refractivity contribution in [3.63, 3.8) is 0 Å². The van der Waals surface area contributed by atoms with E-state index in [1.807, 2.05) is 0 Å². The van der Waals surface area contributed by atoms with Gasteiger partial charge in [0.1, 0.15) is 5.37 Å². The molecule has 3 rings (SSSR count). The Kier molecular flexibility index (Phi) is 3.09. The number of rotatable bonds is 4. The third kappa shape index (κ3) is 1.93. The molecule has 0 aromatic carbocycles. The van der Waals surface area contributed by atoms with Crippen LogP contribution in [0.1, 0.15) is 12.8 Å². The number of carbonyl (C=O) groups excluding carboxylic acids is 2. The molecule has 3 aliphatic heterocycles. The molecule has 0 spiro atoms. The second kappa shape index (κ2) is 4.67. The molecule has 0 saturated carbocycles. The van der Waals surface area contributed by atoms with Gasteiger partial charge in [-0.3, -0.25) is 14.5 Å². The summed E-state index contributed by atoms with van der Waals surface area (Å²) in [7, 11) is 0. The Morgan fingerprint density at radius 3 is 2.75 bits per heavy atom. The van der Waals surface area contributed by atoms with Crippen LogP contribution in [0.4, 0.5) is 4.79 Å². The number of thioether (sulfide) groups is 1. The van der Waals surface area contributed by atoms with Crippen LogP contribution in [0.5, 0.6) is 0 Å². The number of amides is 2. The highest BCUT2D eigenvalue weighted by molar-refractivity contribution is 8.04. The molecule has 108 valence electrons. The Morgan fingerprint density at radius 2 is 2.20 bits per heavy atom. The van der Waals surface area contributed by atoms with Crippen LogP contribution in [0.3, 0.4) is 0 Å². The van der Waals surface area contributed by atoms with Gasteiger partial charge in [0.15, 0.2) is 0 Å². The number of fused-ring (bicyclic) bond motifs is 1. The quantitative estimate of drug-likeness (QED) is 0.480. The fourth-order valence-electron chi connectivity index (χ4n) is 2.47. The number of carbonyl (C=O) groups is 3. The fraction of sp³-hybridized carbons (Fsp3) is 0.545. The number of carboxylic acid groups (broad SMARTS) is 1. The zero-order valence-electron chi connectivity index (χ0n) is 10.2. The van der Waals surface area contributed by atoms with Gasteiger partial charge in [0, 0.05) is 18.9 Å². The molecule has 2 fully saturated rings. The number of aliphatic hydroxyl groups is 1. The Bertz CT molecular complexity index is 525. The summed E-state index contributed by atoms with van der Waals surface area (Å²) < 4.78 is 4.70. The van der Waals surface area contributed by atoms with Crippen LogP contribution in [-0.4, -0.2) is 51.1 Å². The molecule has 0 aromatic heterocycles. The molecule has 0 aromatic rings. The Balaban J connectivity index is 1.77. The van der Waals surface area contributed by atoms with E-state index < -0.39 is 12.1 Å². The van der Waals surface area contributed by atoms with Gasteiger partial charge in [-0.25, -0.2) is 4.79 Å². The molecule has 2 amide bonds. The number of hydrogen-bond donors (Lipinski definition) is 3. The normalized spacial score (nSPS) is 31.4. The van der Waals surface area contributed by atoms with Gasteiger partial charge < -0.3 is 20.3 Å². The van der Waals surface area contributed by atoms with Crippen LogP contribution in [0.2, 0.25) is 0 Å². The van der Waals surface area contributed by atoms with Crippen LogP contribution in [0, 0.1) is 5.92 Å². The maximum atomic E-state index is 11.8. The summed E-state index contributed by atoms with van der Waals surface area (Å²) >= 11 is 1.31. The van der Waals surface area contributed by atoms with Crippen LogP contribution < -0.4 is 5.32 Å². The molecule has 0 radical (unpaired) electrons. The van der Waals surface area contributed by atoms with Gasteiger partial charge in [-0.2, -0.15) is 0 Å². The van der Waals surface area contributed by atoms with Crippen molar-refractivity contribution >= 4 is 29.7 Å². The lowest BCUT2D eigenvalue weighted by molar-refractivity contribution is -0.152. The van der Waals surface area contributed by atoms with Crippen molar-refractivity contribution in [3.05, 3.63) is 10.8 Å². The smallest absolute Gasteiger partial charge is 0.449 e. The average molecular weight is 300 g/mol. The molecule has 20 heavy (non-hydrogen) atoms. The zero-order valence-corrected chi connectivity index (χ0v) is 11.1. The minimum Gasteiger partial charge on any atom is -0.449 e. The van der Waals surface area contributed by atoms with E-state index >= 15 is 0 Å². The summed E-state index contributed by atoms with van der Waals surface area (Å²) in [6.45, 7) is -0.277. The van der Waals surface area contributed by atoms with Crippen molar-refractivity contribution in [1.82, 2.24) is 10.2 Å². The van der Waals surface area contributed by atoms with E-state index in [-0.39, 0.29) is 35.7 Å². The highest BCUT2D eigenvalue weighted by Crippen LogP contribution is 2.50. The van der Waals surface area contributed by atoms with Crippen LogP contribution >= 0.6 is 11.8 Å². The van der Waals surface area contributed by atoms with Crippen molar-refractivity contribution < 1.29 is 29.3 Å². The van der Waals surface area contributed by atoms with Gasteiger partial charge >= 0.3 is 6.16 Å². The van der Waals surface area contributed by atoms with Gasteiger partial charge in [0.25, 0.3) is 0 Å². The van der Waals surface area contributed by atoms with Crippen molar-refractivity contribution in [3.8, 4) is 0 Å². The molecule has 0 bridgehead atoms. The van der Waals surface area contributed by atoms with E-state index in [0.29, 0.717) is 17.7 Å². The summed E-state index contributed by atoms with van der Waals surface area (Å²) in [5.41, 5.74) is 0. The molecule has 3 atom stereocenters. The Labute approximate surface area is 117 Å². The van der Waals surface area contributed by atoms with Crippen molar-refractivity contribution in [2.75, 3.05) is 6.61 Å². The first-order chi connectivity index (χ1) is 9.51. The monoisotopic (exact) mass is 300 g/mol. The van der Waals surface area contributed by atoms with Crippen LogP contribution in [0.25, 0.3) is 0 Å². The van der Waals surface area contributed by atoms with Gasteiger partial charge in [-0.15, -0.1) is 0 Å². The molecular formula is C11H12N2O6S. The molecule has 2 saturated heterocycles. The van der Waals surface area contributed by atoms with Crippen molar-refractivity contribution in [1.29, 1.82) is 0 Å². The summed E-state index contributed by atoms with van der Waals surface area (Å²) in [6, 6.07) is -0.0567. The molecule has 9 heteroatoms. The second-order valence-corrected chi connectivity index (χ2v) is 5.99. The summed E-state index contributed by atoms with van der Waals surface area (Å²) in [4.78, 5) is 35.3. The Morgan fingerprint density at radius 1 is 1.50 bits per heavy atom. The van der Waals surface area contributed by atoms with E-state index in [2.05, 4.69) is 5.32 Å². The standard InChI is InChI=1S/C11H12N2O6S/c14-3-5-8(16)13-9(19-11(17)18)6(20-10(5)13)1-4-2-7(15)12-4/h4-5,10,14H,1-3H2,(H,12,15)(H,17,18)/t4-,5-,10+/m0/s1. The first kappa shape index (κ1) is 13.3. The number of nitrogens with one attached hydrogen (secondary N) is 1. The largest absolute Gasteiger partial charge is 0.512 e. The lowest BCUT2D eigenvalue weighted by Gasteiger charge is -2.40. The van der Waals surface area contributed by atoms with E-state index in [9.17, 15) is 14.4 Å². The summed E-state index contributed by atoms with van der Waals surface area (Å²) in [5, 5.41) is 20.3. The summed E-state index contributed by atoms with van der Waals surface area (Å²) in [6.07, 6.45) is -0.680. The molecule has 0 aliphatic carbocycles. The lowest BCUT2D eigenvalue weighted by Crippen LogP contribution is -2.58. The number of ether oxygens (including phenoxy) is 1. The fourth-order valence-corrected chi connectivity index (χ4v) is 3.98. The predicted octanol–water partition coefficient (Wildman–Crippen LogP) is -0.348. The minimum absolute atomic E-state index is 0.0170. The third-order valence-electron chi connectivity index (χ3n) is 3.48. The van der Waals surface area contributed by atoms with Gasteiger partial charge in [0.2, 0.25) is 17.7 Å². The highest BCUT2D eigenvalue weighted by Gasteiger charge is 2.55. The first-order valence-corrected chi connectivity index (χ1v) is 6.93. The van der Waals surface area contributed by atoms with E-state index in [4.69, 9.17) is 14.9 Å². The minimum atomic E-state index is -1.49. The molecule has 3 N–H and O–H groups in total. The van der Waals surface area contributed by atoms with Crippen molar-refractivity contribution in [2.45, 2.75) is 24.3 Å². The van der Waals surface area contributed by atoms with E-state index in [0.717, 1.165) is 0 Å². The number of aliphatic hydroxyl groups excluding tert-OH is 1. The van der Waals surface area contributed by atoms with Crippen LogP contribution in [0.15, 0.2) is 10.8 Å². The van der Waals surface area contributed by atoms with Crippen LogP contribution in [-0.2, 0) is 14.3 Å². The lowest BCUT2D eigenvalue weighted by atomic mass is 9.99. The number of hydrogen-bond acceptors (Lipinski definition) is 6. The molecule has 0 unspecified atom stereocenters. The number of nitrogens with zero attached hydrogens (tertiary/aromatic N) is 1. The highest BCUT2D eigenvalue weighted by atomic mass is 32.2. The van der Waals surface area contributed by atoms with E-state index in [1.54, 1.807) is 0 Å². The molecule has 3 aliphatic rings. The Hall–Kier alpha value is -1.74. The average Bonchev–Trinajstić information content (AvgIpc) is 2.62. The van der Waals surface area contributed by atoms with E-state index in [1.165, 1.54) is 16.7 Å². The summed E-state index contributed by atoms with van der Waals surface area (Å²) in [5.74, 6) is -0.898. The topological polar surface area (TPSA) is 116 Å². The van der Waals surface area contributed by atoms with Gasteiger partial charge in [-0.1, -0.05) is 11.8 Å². The van der Waals surface area contributed by atoms with Gasteiger partial charge in [0.05, 0.1) is 17.4 Å². The maximum absolute atomic E-state index is 11.8. The molecule has 8 nitrogen and oxygen atoms in total. The molecule has 3 heterocycles. The second-order valence-electron chi connectivity index (χ2n) is 4.77. The molecular weight excluding hydrogens is 288 g/mol. The predicted molar refractivity (Wildman–Crippen MR) is 66.1 cm³/mol. The van der Waals surface area contributed by atoms with Crippen molar-refractivity contribution in [2.24, 2.45) is 5.92 Å². The van der Waals surface area contributed by atoms with Gasteiger partial charge in [-0.05, 0) is 0 Å². The SMILES string of the molecule is O=C1C[C@H](CC2=C(OC(=O)O)N3C(=O)[C@H](CO)[C@H]3S2)N1. The maximum Gasteiger partial charge on any atom is 0.512 e. The first-order valence-electron chi connectivity index (χ1n) is 6.05.